The zero-order valence-corrected chi connectivity index (χ0v) is 8.96. The smallest absolute Gasteiger partial charge is 0.239 e. The summed E-state index contributed by atoms with van der Waals surface area (Å²) in [5, 5.41) is 3.11. The van der Waals surface area contributed by atoms with Gasteiger partial charge in [-0.2, -0.15) is 0 Å². The molecule has 0 aromatic heterocycles. The lowest BCUT2D eigenvalue weighted by Crippen LogP contribution is -2.12. The lowest BCUT2D eigenvalue weighted by molar-refractivity contribution is -0.113. The van der Waals surface area contributed by atoms with Gasteiger partial charge in [-0.1, -0.05) is 11.6 Å². The van der Waals surface area contributed by atoms with Gasteiger partial charge in [-0.25, -0.2) is 0 Å². The Kier molecular flexibility index (Phi) is 3.90. The first-order valence-corrected chi connectivity index (χ1v) is 4.84. The normalized spacial score (nSPS) is 9.77. The Hall–Kier alpha value is -0.380. The van der Waals surface area contributed by atoms with Gasteiger partial charge in [0.25, 0.3) is 0 Å². The van der Waals surface area contributed by atoms with Crippen LogP contribution in [0, 0.1) is 0 Å². The van der Waals surface area contributed by atoms with E-state index < -0.39 is 0 Å². The number of rotatable bonds is 2. The monoisotopic (exact) mass is 235 g/mol. The van der Waals surface area contributed by atoms with E-state index >= 15 is 0 Å². The van der Waals surface area contributed by atoms with Gasteiger partial charge in [-0.3, -0.25) is 4.79 Å². The van der Waals surface area contributed by atoms with Gasteiger partial charge in [-0.15, -0.1) is 24.2 Å². The summed E-state index contributed by atoms with van der Waals surface area (Å²) in [4.78, 5) is 11.6. The molecule has 0 aliphatic carbocycles. The maximum atomic E-state index is 10.9. The molecule has 1 aromatic rings. The quantitative estimate of drug-likeness (QED) is 0.600. The topological polar surface area (TPSA) is 29.1 Å². The number of thiol groups is 1. The van der Waals surface area contributed by atoms with Crippen LogP contribution in [0.1, 0.15) is 0 Å². The number of anilines is 1. The van der Waals surface area contributed by atoms with Gasteiger partial charge in [-0.05, 0) is 18.2 Å². The Labute approximate surface area is 91.6 Å². The number of halogens is 2. The van der Waals surface area contributed by atoms with Crippen molar-refractivity contribution in [2.45, 2.75) is 4.90 Å². The summed E-state index contributed by atoms with van der Waals surface area (Å²) in [6.45, 7) is 0. The summed E-state index contributed by atoms with van der Waals surface area (Å²) in [5.41, 5.74) is 0.571. The zero-order valence-electron chi connectivity index (χ0n) is 6.55. The molecule has 0 bridgehead atoms. The molecule has 0 heterocycles. The third kappa shape index (κ3) is 3.10. The van der Waals surface area contributed by atoms with E-state index in [-0.39, 0.29) is 11.8 Å². The SMILES string of the molecule is O=C(CCl)Nc1cc(Cl)ccc1S. The Balaban J connectivity index is 2.87. The van der Waals surface area contributed by atoms with Crippen molar-refractivity contribution in [1.29, 1.82) is 0 Å². The van der Waals surface area contributed by atoms with Crippen LogP contribution in [-0.4, -0.2) is 11.8 Å². The maximum Gasteiger partial charge on any atom is 0.239 e. The van der Waals surface area contributed by atoms with E-state index in [0.29, 0.717) is 15.6 Å². The second-order valence-corrected chi connectivity index (χ2v) is 3.53. The number of carbonyl (C=O) groups excluding carboxylic acids is 1. The average Bonchev–Trinajstić information content (AvgIpc) is 2.11. The van der Waals surface area contributed by atoms with Gasteiger partial charge in [0.05, 0.1) is 5.69 Å². The predicted octanol–water partition coefficient (Wildman–Crippen LogP) is 2.81. The van der Waals surface area contributed by atoms with Crippen molar-refractivity contribution >= 4 is 47.4 Å². The van der Waals surface area contributed by atoms with E-state index in [4.69, 9.17) is 23.2 Å². The van der Waals surface area contributed by atoms with Crippen LogP contribution in [0.2, 0.25) is 5.02 Å². The third-order valence-electron chi connectivity index (χ3n) is 1.35. The lowest BCUT2D eigenvalue weighted by atomic mass is 10.3. The molecule has 0 aliphatic heterocycles. The maximum absolute atomic E-state index is 10.9. The van der Waals surface area contributed by atoms with Crippen molar-refractivity contribution in [2.75, 3.05) is 11.2 Å². The number of hydrogen-bond acceptors (Lipinski definition) is 2. The molecule has 70 valence electrons. The van der Waals surface area contributed by atoms with Crippen LogP contribution in [-0.2, 0) is 4.79 Å². The number of hydrogen-bond donors (Lipinski definition) is 2. The molecule has 0 saturated heterocycles. The molecule has 1 amide bonds. The second-order valence-electron chi connectivity index (χ2n) is 2.34. The Morgan fingerprint density at radius 1 is 1.54 bits per heavy atom. The molecule has 1 rings (SSSR count). The fraction of sp³-hybridized carbons (Fsp3) is 0.125. The summed E-state index contributed by atoms with van der Waals surface area (Å²) < 4.78 is 0. The molecule has 0 spiro atoms. The molecule has 1 N–H and O–H groups in total. The summed E-state index contributed by atoms with van der Waals surface area (Å²) in [5.74, 6) is -0.362. The van der Waals surface area contributed by atoms with Crippen molar-refractivity contribution in [2.24, 2.45) is 0 Å². The predicted molar refractivity (Wildman–Crippen MR) is 58.1 cm³/mol. The zero-order chi connectivity index (χ0) is 9.84. The van der Waals surface area contributed by atoms with E-state index in [0.717, 1.165) is 0 Å². The third-order valence-corrected chi connectivity index (χ3v) is 2.22. The van der Waals surface area contributed by atoms with Gasteiger partial charge >= 0.3 is 0 Å². The Morgan fingerprint density at radius 3 is 2.85 bits per heavy atom. The molecule has 13 heavy (non-hydrogen) atoms. The lowest BCUT2D eigenvalue weighted by Gasteiger charge is -2.05. The van der Waals surface area contributed by atoms with Crippen LogP contribution in [0.4, 0.5) is 5.69 Å². The summed E-state index contributed by atoms with van der Waals surface area (Å²) >= 11 is 15.2. The van der Waals surface area contributed by atoms with E-state index in [1.807, 2.05) is 0 Å². The van der Waals surface area contributed by atoms with Crippen LogP contribution < -0.4 is 5.32 Å². The molecule has 2 nitrogen and oxygen atoms in total. The van der Waals surface area contributed by atoms with Crippen LogP contribution in [0.15, 0.2) is 23.1 Å². The number of nitrogens with one attached hydrogen (secondary N) is 1. The van der Waals surface area contributed by atoms with Crippen molar-refractivity contribution in [3.63, 3.8) is 0 Å². The van der Waals surface area contributed by atoms with Crippen LogP contribution in [0.3, 0.4) is 0 Å². The molecule has 0 fully saturated rings. The minimum Gasteiger partial charge on any atom is -0.324 e. The van der Waals surface area contributed by atoms with Gasteiger partial charge in [0.15, 0.2) is 0 Å². The molecule has 1 aromatic carbocycles. The van der Waals surface area contributed by atoms with Crippen molar-refractivity contribution in [3.8, 4) is 0 Å². The van der Waals surface area contributed by atoms with Crippen molar-refractivity contribution in [1.82, 2.24) is 0 Å². The molecule has 0 aliphatic rings. The molecule has 5 heteroatoms. The first-order valence-electron chi connectivity index (χ1n) is 3.48. The molecule has 0 atom stereocenters. The van der Waals surface area contributed by atoms with Gasteiger partial charge in [0.2, 0.25) is 5.91 Å². The highest BCUT2D eigenvalue weighted by Gasteiger charge is 2.03. The highest BCUT2D eigenvalue weighted by molar-refractivity contribution is 7.80. The Morgan fingerprint density at radius 2 is 2.23 bits per heavy atom. The largest absolute Gasteiger partial charge is 0.324 e. The number of benzene rings is 1. The highest BCUT2D eigenvalue weighted by atomic mass is 35.5. The summed E-state index contributed by atoms with van der Waals surface area (Å²) in [6, 6.07) is 5.02. The standard InChI is InChI=1S/C8H7Cl2NOS/c9-4-8(12)11-6-3-5(10)1-2-7(6)13/h1-3,13H,4H2,(H,11,12). The molecular weight excluding hydrogens is 229 g/mol. The van der Waals surface area contributed by atoms with E-state index in [2.05, 4.69) is 17.9 Å². The van der Waals surface area contributed by atoms with Crippen molar-refractivity contribution < 1.29 is 4.79 Å². The highest BCUT2D eigenvalue weighted by Crippen LogP contribution is 2.23. The minimum absolute atomic E-state index is 0.0836. The first-order chi connectivity index (χ1) is 6.13. The molecule has 0 saturated carbocycles. The van der Waals surface area contributed by atoms with Crippen LogP contribution >= 0.6 is 35.8 Å². The molecule has 0 unspecified atom stereocenters. The van der Waals surface area contributed by atoms with Crippen LogP contribution in [0.5, 0.6) is 0 Å². The summed E-state index contributed by atoms with van der Waals surface area (Å²) in [6.07, 6.45) is 0. The Bertz CT molecular complexity index is 330. The number of carbonyl (C=O) groups is 1. The van der Waals surface area contributed by atoms with Gasteiger partial charge in [0.1, 0.15) is 5.88 Å². The average molecular weight is 236 g/mol. The van der Waals surface area contributed by atoms with Crippen LogP contribution in [0.25, 0.3) is 0 Å². The van der Waals surface area contributed by atoms with E-state index in [1.54, 1.807) is 18.2 Å². The van der Waals surface area contributed by atoms with Crippen molar-refractivity contribution in [3.05, 3.63) is 23.2 Å². The second kappa shape index (κ2) is 4.74. The summed E-state index contributed by atoms with van der Waals surface area (Å²) in [7, 11) is 0. The number of amides is 1. The fourth-order valence-electron chi connectivity index (χ4n) is 0.792. The minimum atomic E-state index is -0.278. The number of alkyl halides is 1. The first kappa shape index (κ1) is 10.7. The van der Waals surface area contributed by atoms with E-state index in [9.17, 15) is 4.79 Å². The molecular formula is C8H7Cl2NOS. The van der Waals surface area contributed by atoms with E-state index in [1.165, 1.54) is 0 Å². The fourth-order valence-corrected chi connectivity index (χ4v) is 1.23. The van der Waals surface area contributed by atoms with Gasteiger partial charge < -0.3 is 5.32 Å². The van der Waals surface area contributed by atoms with Gasteiger partial charge in [0, 0.05) is 9.92 Å². The molecule has 0 radical (unpaired) electrons.